The van der Waals surface area contributed by atoms with Crippen molar-refractivity contribution in [2.24, 2.45) is 22.7 Å². The van der Waals surface area contributed by atoms with Crippen molar-refractivity contribution in [3.05, 3.63) is 69.3 Å². The van der Waals surface area contributed by atoms with E-state index in [-0.39, 0.29) is 37.2 Å². The third kappa shape index (κ3) is 5.51. The van der Waals surface area contributed by atoms with Gasteiger partial charge in [-0.2, -0.15) is 0 Å². The van der Waals surface area contributed by atoms with Crippen LogP contribution in [0.1, 0.15) is 55.5 Å². The summed E-state index contributed by atoms with van der Waals surface area (Å²) in [6.45, 7) is 0.903. The second-order valence-corrected chi connectivity index (χ2v) is 13.5. The summed E-state index contributed by atoms with van der Waals surface area (Å²) in [5, 5.41) is 55.9. The van der Waals surface area contributed by atoms with Gasteiger partial charge >= 0.3 is 5.97 Å². The maximum Gasteiger partial charge on any atom is 0.331 e. The fourth-order valence-electron chi connectivity index (χ4n) is 8.60. The van der Waals surface area contributed by atoms with Crippen LogP contribution < -0.4 is 5.32 Å². The molecule has 0 saturated heterocycles. The predicted octanol–water partition coefficient (Wildman–Crippen LogP) is 0.713. The average Bonchev–Trinajstić information content (AvgIpc) is 3.24. The quantitative estimate of drug-likeness (QED) is 0.124. The number of allylic oxidation sites excluding steroid dienone is 4. The molecule has 14 nitrogen and oxygen atoms in total. The molecule has 0 aromatic heterocycles. The van der Waals surface area contributed by atoms with Crippen LogP contribution in [-0.2, 0) is 30.4 Å². The lowest BCUT2D eigenvalue weighted by atomic mass is 9.44. The van der Waals surface area contributed by atoms with Gasteiger partial charge in [-0.05, 0) is 74.8 Å². The predicted molar refractivity (Wildman–Crippen MR) is 162 cm³/mol. The molecule has 1 amide bonds. The lowest BCUT2D eigenvalue weighted by Gasteiger charge is -2.62. The number of carbonyl (C=O) groups is 4. The van der Waals surface area contributed by atoms with E-state index in [1.54, 1.807) is 13.0 Å². The van der Waals surface area contributed by atoms with Crippen molar-refractivity contribution in [1.82, 2.24) is 5.32 Å². The van der Waals surface area contributed by atoms with Crippen molar-refractivity contribution in [1.29, 1.82) is 0 Å². The monoisotopic (exact) mass is 674 g/mol. The average molecular weight is 675 g/mol. The Morgan fingerprint density at radius 2 is 1.92 bits per heavy atom. The van der Waals surface area contributed by atoms with Crippen LogP contribution in [-0.4, -0.2) is 98.3 Å². The van der Waals surface area contributed by atoms with Crippen LogP contribution in [0.4, 0.5) is 4.39 Å². The number of nitrogens with zero attached hydrogens (tertiary/aromatic N) is 1. The Kier molecular flexibility index (Phi) is 9.38. The van der Waals surface area contributed by atoms with Crippen LogP contribution in [0.2, 0.25) is 0 Å². The Labute approximate surface area is 274 Å². The molecular formula is C33H39FN2O12. The van der Waals surface area contributed by atoms with E-state index in [1.807, 2.05) is 0 Å². The summed E-state index contributed by atoms with van der Waals surface area (Å²) in [5.41, 5.74) is -6.49. The number of hydrogen-bond donors (Lipinski definition) is 5. The molecular weight excluding hydrogens is 635 g/mol. The highest BCUT2D eigenvalue weighted by atomic mass is 19.1. The van der Waals surface area contributed by atoms with E-state index in [2.05, 4.69) is 10.2 Å². The summed E-state index contributed by atoms with van der Waals surface area (Å²) in [5.74, 6) is -5.03. The number of carbonyl (C=O) groups excluding carboxylic acids is 4. The molecule has 0 spiro atoms. The normalized spacial score (nSPS) is 35.7. The van der Waals surface area contributed by atoms with E-state index >= 15 is 4.39 Å². The number of fused-ring (bicyclic) bond motifs is 5. The fraction of sp³-hybridized carbons (Fsp3) is 0.576. The molecule has 15 heteroatoms. The van der Waals surface area contributed by atoms with Gasteiger partial charge in [0.2, 0.25) is 5.78 Å². The molecule has 4 aliphatic rings. The molecule has 260 valence electrons. The Bertz CT molecular complexity index is 1580. The van der Waals surface area contributed by atoms with E-state index in [0.717, 1.165) is 0 Å². The largest absolute Gasteiger partial charge is 0.456 e. The highest BCUT2D eigenvalue weighted by Gasteiger charge is 2.76. The van der Waals surface area contributed by atoms with Gasteiger partial charge in [0.05, 0.1) is 18.8 Å². The molecule has 5 N–H and O–H groups in total. The van der Waals surface area contributed by atoms with Crippen LogP contribution >= 0.6 is 0 Å². The zero-order chi connectivity index (χ0) is 35.2. The number of rotatable bonds is 11. The minimum atomic E-state index is -2.53. The van der Waals surface area contributed by atoms with Crippen molar-refractivity contribution in [3.63, 3.8) is 0 Å². The number of benzene rings is 1. The summed E-state index contributed by atoms with van der Waals surface area (Å²) in [6.07, 6.45) is 0.835. The lowest BCUT2D eigenvalue weighted by molar-refractivity contribution is -0.757. The first-order chi connectivity index (χ1) is 22.5. The van der Waals surface area contributed by atoms with E-state index < -0.39 is 94.6 Å². The molecule has 1 aromatic rings. The van der Waals surface area contributed by atoms with Gasteiger partial charge in [0.1, 0.15) is 6.61 Å². The van der Waals surface area contributed by atoms with Gasteiger partial charge in [0.25, 0.3) is 11.0 Å². The first kappa shape index (κ1) is 35.3. The van der Waals surface area contributed by atoms with Crippen molar-refractivity contribution < 1.29 is 58.7 Å². The molecule has 0 radical (unpaired) electrons. The first-order valence-corrected chi connectivity index (χ1v) is 15.7. The molecule has 0 bridgehead atoms. The number of Topliss-reactive ketones (excluding diaryl/α,β-unsaturated/α-hetero) is 1. The third-order valence-corrected chi connectivity index (χ3v) is 11.2. The highest BCUT2D eigenvalue weighted by Crippen LogP contribution is 2.69. The number of aliphatic hydroxyl groups excluding tert-OH is 3. The number of nitrogens with one attached hydrogen (secondary N) is 1. The molecule has 3 saturated carbocycles. The Morgan fingerprint density at radius 3 is 2.60 bits per heavy atom. The van der Waals surface area contributed by atoms with E-state index in [0.29, 0.717) is 17.6 Å². The number of aliphatic hydroxyl groups is 4. The van der Waals surface area contributed by atoms with Crippen LogP contribution in [0.25, 0.3) is 0 Å². The summed E-state index contributed by atoms with van der Waals surface area (Å²) in [6, 6.07) is 4.31. The topological polar surface area (TPSA) is 223 Å². The molecule has 48 heavy (non-hydrogen) atoms. The number of hydrogen-bond acceptors (Lipinski definition) is 12. The maximum atomic E-state index is 17.3. The number of amides is 1. The minimum Gasteiger partial charge on any atom is -0.456 e. The summed E-state index contributed by atoms with van der Waals surface area (Å²) in [7, 11) is 0. The van der Waals surface area contributed by atoms with Gasteiger partial charge in [-0.25, -0.2) is 9.18 Å². The summed E-state index contributed by atoms with van der Waals surface area (Å²) < 4.78 is 22.4. The number of ether oxygens (including phenoxy) is 1. The van der Waals surface area contributed by atoms with Gasteiger partial charge < -0.3 is 35.3 Å². The number of halogens is 1. The van der Waals surface area contributed by atoms with Gasteiger partial charge in [-0.1, -0.05) is 30.7 Å². The van der Waals surface area contributed by atoms with E-state index in [9.17, 15) is 49.7 Å². The van der Waals surface area contributed by atoms with Crippen molar-refractivity contribution in [2.45, 2.75) is 75.5 Å². The van der Waals surface area contributed by atoms with Crippen molar-refractivity contribution in [3.8, 4) is 0 Å². The van der Waals surface area contributed by atoms with Crippen LogP contribution in [0.3, 0.4) is 0 Å². The standard InChI is InChI=1S/C33H39FN2O12/c1-30-10-8-21(38)13-20(30)6-7-22-23-14-25(39)33(44,31(23,2)15-26(40)32(22,30)34)27(41)17-47-29(43)24(16-37)35-28(42)19-5-3-4-18(12-19)9-11-48-36(45)46/h3-5,8,10,12-13,22-26,37,39-40,44H,6-7,9,11,14-17H2,1-2H3,(H,35,42)/t22?,23?,24?,25-,26+,30+,31+,32+,33+/m1/s1. The van der Waals surface area contributed by atoms with Crippen LogP contribution in [0.5, 0.6) is 0 Å². The first-order valence-electron chi connectivity index (χ1n) is 15.7. The second-order valence-electron chi connectivity index (χ2n) is 13.5. The fourth-order valence-corrected chi connectivity index (χ4v) is 8.60. The molecule has 9 atom stereocenters. The zero-order valence-corrected chi connectivity index (χ0v) is 26.5. The molecule has 5 rings (SSSR count). The van der Waals surface area contributed by atoms with Gasteiger partial charge in [0, 0.05) is 22.3 Å². The number of ketones is 2. The Morgan fingerprint density at radius 1 is 1.19 bits per heavy atom. The number of alkyl halides is 1. The van der Waals surface area contributed by atoms with Gasteiger partial charge in [-0.3, -0.25) is 14.4 Å². The summed E-state index contributed by atoms with van der Waals surface area (Å²) in [4.78, 5) is 66.0. The zero-order valence-electron chi connectivity index (χ0n) is 26.5. The number of esters is 1. The molecule has 1 aromatic carbocycles. The van der Waals surface area contributed by atoms with Crippen molar-refractivity contribution in [2.75, 3.05) is 19.8 Å². The Balaban J connectivity index is 1.27. The van der Waals surface area contributed by atoms with Gasteiger partial charge in [0.15, 0.2) is 29.7 Å². The van der Waals surface area contributed by atoms with Crippen molar-refractivity contribution >= 4 is 23.4 Å². The lowest BCUT2D eigenvalue weighted by Crippen LogP contribution is -2.69. The van der Waals surface area contributed by atoms with Crippen LogP contribution in [0.15, 0.2) is 48.1 Å². The van der Waals surface area contributed by atoms with E-state index in [4.69, 9.17) is 4.74 Å². The second kappa shape index (κ2) is 12.8. The molecule has 0 heterocycles. The minimum absolute atomic E-state index is 0.0626. The SMILES string of the molecule is C[C@]12C=CC(=O)C=C1CCC1C3C[C@@H](O)[C@](O)(C(=O)COC(=O)C(CO)NC(=O)c4cccc(CCO[N+](=O)[O-])c4)[C@@]3(C)C[C@H](O)[C@@]12F. The van der Waals surface area contributed by atoms with Crippen LogP contribution in [0, 0.1) is 32.8 Å². The smallest absolute Gasteiger partial charge is 0.331 e. The van der Waals surface area contributed by atoms with Gasteiger partial charge in [-0.15, -0.1) is 10.1 Å². The Hall–Kier alpha value is -4.05. The molecule has 3 unspecified atom stereocenters. The maximum absolute atomic E-state index is 17.3. The molecule has 4 aliphatic carbocycles. The molecule has 3 fully saturated rings. The summed E-state index contributed by atoms with van der Waals surface area (Å²) >= 11 is 0. The third-order valence-electron chi connectivity index (χ3n) is 11.2. The molecule has 0 aliphatic heterocycles. The van der Waals surface area contributed by atoms with E-state index in [1.165, 1.54) is 43.4 Å². The highest BCUT2D eigenvalue weighted by molar-refractivity contribution is 6.01.